The van der Waals surface area contributed by atoms with Gasteiger partial charge in [0.15, 0.2) is 0 Å². The quantitative estimate of drug-likeness (QED) is 0.594. The van der Waals surface area contributed by atoms with E-state index in [1.165, 1.54) is 0 Å². The third-order valence-electron chi connectivity index (χ3n) is 2.75. The predicted octanol–water partition coefficient (Wildman–Crippen LogP) is -0.499. The summed E-state index contributed by atoms with van der Waals surface area (Å²) in [6, 6.07) is 0. The maximum Gasteiger partial charge on any atom is 0.243 e. The van der Waals surface area contributed by atoms with Crippen molar-refractivity contribution < 1.29 is 18.9 Å². The molecular formula is C11H24N2O4. The minimum Gasteiger partial charge on any atom is -0.383 e. The topological polar surface area (TPSA) is 52.2 Å². The molecule has 0 spiro atoms. The Morgan fingerprint density at radius 3 is 2.06 bits per heavy atom. The van der Waals surface area contributed by atoms with Gasteiger partial charge in [-0.2, -0.15) is 0 Å². The van der Waals surface area contributed by atoms with Gasteiger partial charge in [0.1, 0.15) is 0 Å². The van der Waals surface area contributed by atoms with Gasteiger partial charge in [0, 0.05) is 27.3 Å². The predicted molar refractivity (Wildman–Crippen MR) is 63.9 cm³/mol. The van der Waals surface area contributed by atoms with Crippen LogP contribution in [0.5, 0.6) is 0 Å². The number of hydrogen-bond donors (Lipinski definition) is 1. The first kappa shape index (κ1) is 14.8. The Morgan fingerprint density at radius 1 is 1.12 bits per heavy atom. The molecule has 6 nitrogen and oxygen atoms in total. The molecule has 1 N–H and O–H groups in total. The molecule has 1 saturated heterocycles. The fourth-order valence-corrected chi connectivity index (χ4v) is 1.92. The second-order valence-corrected chi connectivity index (χ2v) is 3.91. The van der Waals surface area contributed by atoms with Crippen LogP contribution < -0.4 is 5.32 Å². The van der Waals surface area contributed by atoms with Gasteiger partial charge in [-0.15, -0.1) is 0 Å². The molecule has 0 saturated carbocycles. The van der Waals surface area contributed by atoms with E-state index in [0.717, 1.165) is 13.1 Å². The van der Waals surface area contributed by atoms with Gasteiger partial charge in [-0.3, -0.25) is 0 Å². The van der Waals surface area contributed by atoms with Crippen molar-refractivity contribution >= 4 is 0 Å². The highest BCUT2D eigenvalue weighted by molar-refractivity contribution is 4.78. The van der Waals surface area contributed by atoms with Crippen molar-refractivity contribution in [2.45, 2.75) is 5.91 Å². The average Bonchev–Trinajstić information content (AvgIpc) is 2.79. The Bertz CT molecular complexity index is 190. The van der Waals surface area contributed by atoms with Crippen molar-refractivity contribution in [3.05, 3.63) is 0 Å². The molecule has 0 amide bonds. The number of rotatable bonds is 9. The molecule has 0 aromatic rings. The van der Waals surface area contributed by atoms with E-state index < -0.39 is 5.91 Å². The lowest BCUT2D eigenvalue weighted by Crippen LogP contribution is -2.57. The maximum atomic E-state index is 5.77. The van der Waals surface area contributed by atoms with Crippen molar-refractivity contribution in [3.63, 3.8) is 0 Å². The zero-order valence-electron chi connectivity index (χ0n) is 11.0. The molecular weight excluding hydrogens is 224 g/mol. The first-order chi connectivity index (χ1) is 8.29. The normalized spacial score (nSPS) is 19.1. The molecule has 0 radical (unpaired) electrons. The summed E-state index contributed by atoms with van der Waals surface area (Å²) in [6.07, 6.45) is 0. The number of nitrogens with one attached hydrogen (secondary N) is 1. The van der Waals surface area contributed by atoms with Gasteiger partial charge in [-0.1, -0.05) is 0 Å². The summed E-state index contributed by atoms with van der Waals surface area (Å²) in [5.74, 6) is -0.675. The fourth-order valence-electron chi connectivity index (χ4n) is 1.92. The first-order valence-electron chi connectivity index (χ1n) is 5.94. The number of nitrogens with zero attached hydrogens (tertiary/aromatic N) is 1. The summed E-state index contributed by atoms with van der Waals surface area (Å²) in [5.41, 5.74) is 0. The zero-order valence-corrected chi connectivity index (χ0v) is 11.0. The summed E-state index contributed by atoms with van der Waals surface area (Å²) in [5, 5.41) is 3.11. The van der Waals surface area contributed by atoms with E-state index >= 15 is 0 Å². The number of hydrogen-bond acceptors (Lipinski definition) is 6. The molecule has 1 heterocycles. The number of ether oxygens (including phenoxy) is 4. The van der Waals surface area contributed by atoms with Gasteiger partial charge >= 0.3 is 0 Å². The molecule has 1 rings (SSSR count). The fraction of sp³-hybridized carbons (Fsp3) is 1.00. The zero-order chi connectivity index (χ0) is 12.6. The molecule has 0 atom stereocenters. The van der Waals surface area contributed by atoms with Crippen LogP contribution >= 0.6 is 0 Å². The molecule has 0 bridgehead atoms. The Labute approximate surface area is 103 Å². The van der Waals surface area contributed by atoms with Crippen LogP contribution in [0.2, 0.25) is 0 Å². The first-order valence-corrected chi connectivity index (χ1v) is 5.94. The second-order valence-electron chi connectivity index (χ2n) is 3.91. The number of likely N-dealkylation sites (N-methyl/N-ethyl adjacent to an activating group) is 1. The van der Waals surface area contributed by atoms with E-state index in [4.69, 9.17) is 18.9 Å². The van der Waals surface area contributed by atoms with Crippen LogP contribution in [0.1, 0.15) is 0 Å². The van der Waals surface area contributed by atoms with E-state index in [9.17, 15) is 0 Å². The maximum absolute atomic E-state index is 5.77. The molecule has 1 aliphatic heterocycles. The molecule has 102 valence electrons. The van der Waals surface area contributed by atoms with E-state index in [0.29, 0.717) is 33.0 Å². The lowest BCUT2D eigenvalue weighted by molar-refractivity contribution is -0.257. The van der Waals surface area contributed by atoms with Gasteiger partial charge in [-0.25, -0.2) is 4.90 Å². The van der Waals surface area contributed by atoms with Crippen molar-refractivity contribution in [3.8, 4) is 0 Å². The summed E-state index contributed by atoms with van der Waals surface area (Å²) < 4.78 is 21.8. The van der Waals surface area contributed by atoms with Gasteiger partial charge in [-0.05, 0) is 7.05 Å². The Balaban J connectivity index is 2.61. The summed E-state index contributed by atoms with van der Waals surface area (Å²) in [4.78, 5) is 2.11. The van der Waals surface area contributed by atoms with Crippen LogP contribution in [0.4, 0.5) is 0 Å². The Hall–Kier alpha value is -0.240. The largest absolute Gasteiger partial charge is 0.383 e. The van der Waals surface area contributed by atoms with Crippen molar-refractivity contribution in [1.82, 2.24) is 10.2 Å². The van der Waals surface area contributed by atoms with Crippen LogP contribution in [0.3, 0.4) is 0 Å². The van der Waals surface area contributed by atoms with Gasteiger partial charge < -0.3 is 24.3 Å². The monoisotopic (exact) mass is 248 g/mol. The average molecular weight is 248 g/mol. The van der Waals surface area contributed by atoms with Crippen LogP contribution in [0, 0.1) is 0 Å². The van der Waals surface area contributed by atoms with Gasteiger partial charge in [0.2, 0.25) is 5.91 Å². The van der Waals surface area contributed by atoms with Gasteiger partial charge in [0.25, 0.3) is 0 Å². The van der Waals surface area contributed by atoms with Crippen LogP contribution in [-0.2, 0) is 18.9 Å². The van der Waals surface area contributed by atoms with E-state index in [1.807, 2.05) is 7.05 Å². The highest BCUT2D eigenvalue weighted by atomic mass is 16.8. The SMILES string of the molecule is CNCC1(N(CCOC)CCOC)OCCO1. The Morgan fingerprint density at radius 2 is 1.65 bits per heavy atom. The second kappa shape index (κ2) is 7.97. The molecule has 6 heteroatoms. The van der Waals surface area contributed by atoms with Crippen molar-refractivity contribution in [2.75, 3.05) is 67.3 Å². The van der Waals surface area contributed by atoms with Gasteiger partial charge in [0.05, 0.1) is 33.0 Å². The van der Waals surface area contributed by atoms with Crippen LogP contribution in [0.25, 0.3) is 0 Å². The molecule has 0 aromatic carbocycles. The molecule has 1 fully saturated rings. The van der Waals surface area contributed by atoms with E-state index in [1.54, 1.807) is 14.2 Å². The molecule has 0 aromatic heterocycles. The minimum atomic E-state index is -0.675. The molecule has 0 aliphatic carbocycles. The van der Waals surface area contributed by atoms with E-state index in [2.05, 4.69) is 10.2 Å². The number of methoxy groups -OCH3 is 2. The summed E-state index contributed by atoms with van der Waals surface area (Å²) in [6.45, 7) is 4.66. The highest BCUT2D eigenvalue weighted by Crippen LogP contribution is 2.23. The van der Waals surface area contributed by atoms with Crippen molar-refractivity contribution in [2.24, 2.45) is 0 Å². The molecule has 1 aliphatic rings. The minimum absolute atomic E-state index is 0.623. The summed E-state index contributed by atoms with van der Waals surface area (Å²) in [7, 11) is 5.27. The van der Waals surface area contributed by atoms with Crippen molar-refractivity contribution in [1.29, 1.82) is 0 Å². The smallest absolute Gasteiger partial charge is 0.243 e. The summed E-state index contributed by atoms with van der Waals surface area (Å²) >= 11 is 0. The Kier molecular flexibility index (Phi) is 6.94. The molecule has 0 unspecified atom stereocenters. The lowest BCUT2D eigenvalue weighted by Gasteiger charge is -2.38. The van der Waals surface area contributed by atoms with Crippen LogP contribution in [-0.4, -0.2) is 78.1 Å². The third kappa shape index (κ3) is 4.17. The highest BCUT2D eigenvalue weighted by Gasteiger charge is 2.41. The molecule has 17 heavy (non-hydrogen) atoms. The third-order valence-corrected chi connectivity index (χ3v) is 2.75. The standard InChI is InChI=1S/C11H24N2O4/c1-12-10-11(16-8-9-17-11)13(4-6-14-2)5-7-15-3/h12H,4-10H2,1-3H3. The van der Waals surface area contributed by atoms with E-state index in [-0.39, 0.29) is 0 Å². The lowest BCUT2D eigenvalue weighted by atomic mass is 10.3. The van der Waals surface area contributed by atoms with Crippen LogP contribution in [0.15, 0.2) is 0 Å².